The van der Waals surface area contributed by atoms with Crippen LogP contribution in [0.15, 0.2) is 40.9 Å². The molecule has 20 heavy (non-hydrogen) atoms. The van der Waals surface area contributed by atoms with Gasteiger partial charge in [-0.25, -0.2) is 0 Å². The van der Waals surface area contributed by atoms with Gasteiger partial charge in [0.25, 0.3) is 0 Å². The van der Waals surface area contributed by atoms with Crippen LogP contribution in [0.3, 0.4) is 0 Å². The summed E-state index contributed by atoms with van der Waals surface area (Å²) in [6, 6.07) is 12.8. The second-order valence-corrected chi connectivity index (χ2v) is 6.45. The molecule has 106 valence electrons. The highest BCUT2D eigenvalue weighted by atomic mass is 79.9. The zero-order chi connectivity index (χ0) is 14.7. The number of rotatable bonds is 4. The Kier molecular flexibility index (Phi) is 5.25. The minimum Gasteiger partial charge on any atom is -0.313 e. The molecule has 1 N–H and O–H groups in total. The third kappa shape index (κ3) is 3.63. The number of likely N-dealkylation sites (N-methyl/N-ethyl adjacent to an activating group) is 1. The summed E-state index contributed by atoms with van der Waals surface area (Å²) < 4.78 is 1.05. The van der Waals surface area contributed by atoms with Crippen LogP contribution in [-0.4, -0.2) is 7.05 Å². The van der Waals surface area contributed by atoms with E-state index in [1.54, 1.807) is 0 Å². The van der Waals surface area contributed by atoms with Crippen molar-refractivity contribution in [1.29, 1.82) is 0 Å². The summed E-state index contributed by atoms with van der Waals surface area (Å²) in [7, 11) is 1.98. The molecule has 0 radical (unpaired) electrons. The Bertz CT molecular complexity index is 610. The largest absolute Gasteiger partial charge is 0.313 e. The van der Waals surface area contributed by atoms with Crippen molar-refractivity contribution >= 4 is 27.5 Å². The van der Waals surface area contributed by atoms with Crippen LogP contribution in [0.2, 0.25) is 5.02 Å². The Morgan fingerprint density at radius 3 is 2.50 bits per heavy atom. The van der Waals surface area contributed by atoms with Gasteiger partial charge < -0.3 is 5.32 Å². The van der Waals surface area contributed by atoms with Crippen molar-refractivity contribution < 1.29 is 0 Å². The van der Waals surface area contributed by atoms with Gasteiger partial charge >= 0.3 is 0 Å². The summed E-state index contributed by atoms with van der Waals surface area (Å²) in [6.07, 6.45) is 0.924. The third-order valence-corrected chi connectivity index (χ3v) is 4.53. The maximum absolute atomic E-state index is 6.33. The van der Waals surface area contributed by atoms with E-state index < -0.39 is 0 Å². The van der Waals surface area contributed by atoms with E-state index in [1.807, 2.05) is 19.2 Å². The quantitative estimate of drug-likeness (QED) is 0.795. The molecule has 0 amide bonds. The van der Waals surface area contributed by atoms with Gasteiger partial charge in [-0.1, -0.05) is 45.7 Å². The van der Waals surface area contributed by atoms with E-state index in [4.69, 9.17) is 11.6 Å². The van der Waals surface area contributed by atoms with Crippen molar-refractivity contribution in [2.24, 2.45) is 0 Å². The topological polar surface area (TPSA) is 12.0 Å². The zero-order valence-electron chi connectivity index (χ0n) is 12.0. The lowest BCUT2D eigenvalue weighted by Crippen LogP contribution is -2.19. The molecule has 0 spiro atoms. The summed E-state index contributed by atoms with van der Waals surface area (Å²) in [6.45, 7) is 4.29. The van der Waals surface area contributed by atoms with Crippen molar-refractivity contribution in [2.75, 3.05) is 7.05 Å². The number of aryl methyl sites for hydroxylation is 2. The number of hydrogen-bond donors (Lipinski definition) is 1. The zero-order valence-corrected chi connectivity index (χ0v) is 14.3. The lowest BCUT2D eigenvalue weighted by molar-refractivity contribution is 0.592. The maximum Gasteiger partial charge on any atom is 0.0454 e. The van der Waals surface area contributed by atoms with Gasteiger partial charge in [-0.2, -0.15) is 0 Å². The summed E-state index contributed by atoms with van der Waals surface area (Å²) in [5, 5.41) is 4.17. The Morgan fingerprint density at radius 1 is 1.10 bits per heavy atom. The molecule has 1 nitrogen and oxygen atoms in total. The Balaban J connectivity index is 2.28. The van der Waals surface area contributed by atoms with Crippen LogP contribution in [0.25, 0.3) is 0 Å². The van der Waals surface area contributed by atoms with Crippen molar-refractivity contribution in [3.8, 4) is 0 Å². The average Bonchev–Trinajstić information content (AvgIpc) is 2.43. The van der Waals surface area contributed by atoms with E-state index in [1.165, 1.54) is 16.7 Å². The third-order valence-electron chi connectivity index (χ3n) is 3.69. The van der Waals surface area contributed by atoms with Crippen LogP contribution in [0.1, 0.15) is 28.3 Å². The second kappa shape index (κ2) is 6.75. The van der Waals surface area contributed by atoms with Crippen molar-refractivity contribution in [1.82, 2.24) is 5.32 Å². The molecule has 3 heteroatoms. The highest BCUT2D eigenvalue weighted by Gasteiger charge is 2.14. The number of nitrogens with one attached hydrogen (secondary N) is 1. The fraction of sp³-hybridized carbons (Fsp3) is 0.294. The first-order valence-corrected chi connectivity index (χ1v) is 7.86. The summed E-state index contributed by atoms with van der Waals surface area (Å²) >= 11 is 9.85. The molecular weight excluding hydrogens is 334 g/mol. The molecule has 0 aliphatic carbocycles. The minimum absolute atomic E-state index is 0.210. The summed E-state index contributed by atoms with van der Waals surface area (Å²) in [5.74, 6) is 0. The van der Waals surface area contributed by atoms with Crippen LogP contribution in [0, 0.1) is 13.8 Å². The van der Waals surface area contributed by atoms with Crippen LogP contribution in [0.5, 0.6) is 0 Å². The molecule has 0 saturated heterocycles. The molecule has 2 aromatic rings. The van der Waals surface area contributed by atoms with Crippen molar-refractivity contribution in [3.05, 3.63) is 68.1 Å². The number of hydrogen-bond acceptors (Lipinski definition) is 1. The lowest BCUT2D eigenvalue weighted by atomic mass is 9.96. The molecule has 0 bridgehead atoms. The first-order valence-electron chi connectivity index (χ1n) is 6.69. The molecule has 0 saturated carbocycles. The van der Waals surface area contributed by atoms with Crippen LogP contribution in [0.4, 0.5) is 0 Å². The first-order chi connectivity index (χ1) is 9.51. The van der Waals surface area contributed by atoms with Gasteiger partial charge in [0.15, 0.2) is 0 Å². The fourth-order valence-corrected chi connectivity index (χ4v) is 2.94. The number of benzene rings is 2. The second-order valence-electron chi connectivity index (χ2n) is 5.13. The van der Waals surface area contributed by atoms with E-state index in [0.717, 1.165) is 21.5 Å². The molecular formula is C17H19BrClN. The van der Waals surface area contributed by atoms with Crippen molar-refractivity contribution in [3.63, 3.8) is 0 Å². The number of halogens is 2. The highest BCUT2D eigenvalue weighted by Crippen LogP contribution is 2.29. The van der Waals surface area contributed by atoms with Gasteiger partial charge in [-0.3, -0.25) is 0 Å². The Hall–Kier alpha value is -0.830. The molecule has 0 aromatic heterocycles. The SMILES string of the molecule is CNC(Cc1ccc(C)c(C)c1)c1cc(Br)ccc1Cl. The minimum atomic E-state index is 0.210. The van der Waals surface area contributed by atoms with Crippen LogP contribution in [-0.2, 0) is 6.42 Å². The molecule has 0 fully saturated rings. The Labute approximate surface area is 134 Å². The van der Waals surface area contributed by atoms with Gasteiger partial charge in [0.05, 0.1) is 0 Å². The van der Waals surface area contributed by atoms with Crippen LogP contribution >= 0.6 is 27.5 Å². The predicted molar refractivity (Wildman–Crippen MR) is 90.6 cm³/mol. The smallest absolute Gasteiger partial charge is 0.0454 e. The lowest BCUT2D eigenvalue weighted by Gasteiger charge is -2.19. The normalized spacial score (nSPS) is 12.4. The van der Waals surface area contributed by atoms with Gasteiger partial charge in [0, 0.05) is 15.5 Å². The maximum atomic E-state index is 6.33. The van der Waals surface area contributed by atoms with Gasteiger partial charge in [0.1, 0.15) is 0 Å². The predicted octanol–water partition coefficient (Wildman–Crippen LogP) is 5.22. The van der Waals surface area contributed by atoms with E-state index in [9.17, 15) is 0 Å². The van der Waals surface area contributed by atoms with Gasteiger partial charge in [0.2, 0.25) is 0 Å². The molecule has 0 heterocycles. The molecule has 0 aliphatic rings. The summed E-state index contributed by atoms with van der Waals surface area (Å²) in [5.41, 5.74) is 5.11. The van der Waals surface area contributed by atoms with Crippen LogP contribution < -0.4 is 5.32 Å². The van der Waals surface area contributed by atoms with E-state index in [0.29, 0.717) is 0 Å². The Morgan fingerprint density at radius 2 is 1.85 bits per heavy atom. The highest BCUT2D eigenvalue weighted by molar-refractivity contribution is 9.10. The van der Waals surface area contributed by atoms with E-state index in [-0.39, 0.29) is 6.04 Å². The first kappa shape index (κ1) is 15.6. The summed E-state index contributed by atoms with van der Waals surface area (Å²) in [4.78, 5) is 0. The molecule has 2 rings (SSSR count). The van der Waals surface area contributed by atoms with Gasteiger partial charge in [-0.15, -0.1) is 0 Å². The van der Waals surface area contributed by atoms with E-state index in [2.05, 4.69) is 59.4 Å². The monoisotopic (exact) mass is 351 g/mol. The van der Waals surface area contributed by atoms with Gasteiger partial charge in [-0.05, 0) is 67.8 Å². The fourth-order valence-electron chi connectivity index (χ4n) is 2.32. The standard InChI is InChI=1S/C17H19BrClN/c1-11-4-5-13(8-12(11)2)9-17(20-3)15-10-14(18)6-7-16(15)19/h4-8,10,17,20H,9H2,1-3H3. The molecule has 1 unspecified atom stereocenters. The van der Waals surface area contributed by atoms with E-state index >= 15 is 0 Å². The molecule has 0 aliphatic heterocycles. The van der Waals surface area contributed by atoms with Crippen molar-refractivity contribution in [2.45, 2.75) is 26.3 Å². The average molecular weight is 353 g/mol. The molecule has 2 aromatic carbocycles. The molecule has 1 atom stereocenters.